The molecule has 1 unspecified atom stereocenters. The van der Waals surface area contributed by atoms with Gasteiger partial charge in [0.05, 0.1) is 5.69 Å². The van der Waals surface area contributed by atoms with E-state index in [-0.39, 0.29) is 23.8 Å². The van der Waals surface area contributed by atoms with E-state index in [1.54, 1.807) is 4.68 Å². The van der Waals surface area contributed by atoms with Crippen LogP contribution in [0.2, 0.25) is 0 Å². The molecule has 0 spiro atoms. The van der Waals surface area contributed by atoms with Gasteiger partial charge in [0.15, 0.2) is 11.7 Å². The number of nitrogens with two attached hydrogens (primary N) is 1. The SMILES string of the molecule is CCC(C)[C@@H](C(=O)C1CCNCC1)n1cc(CCCNC(=N)N)nn1. The molecule has 0 aliphatic carbocycles. The zero-order valence-corrected chi connectivity index (χ0v) is 15.3. The molecule has 1 fully saturated rings. The summed E-state index contributed by atoms with van der Waals surface area (Å²) in [5.74, 6) is 0.627. The Kier molecular flexibility index (Phi) is 7.36. The van der Waals surface area contributed by atoms with Crippen LogP contribution >= 0.6 is 0 Å². The maximum absolute atomic E-state index is 13.1. The third-order valence-electron chi connectivity index (χ3n) is 4.98. The number of Topliss-reactive ketones (excluding diaryl/α,β-unsaturated/α-hetero) is 1. The minimum Gasteiger partial charge on any atom is -0.370 e. The fourth-order valence-corrected chi connectivity index (χ4v) is 3.30. The monoisotopic (exact) mass is 349 g/mol. The minimum atomic E-state index is -0.232. The standard InChI is InChI=1S/C17H31N7O/c1-3-12(2)15(16(25)13-6-9-20-10-7-13)24-11-14(22-23-24)5-4-8-21-17(18)19/h11-13,15,20H,3-10H2,1-2H3,(H4,18,19,21)/t12?,15-/m0/s1. The van der Waals surface area contributed by atoms with Crippen LogP contribution in [0.1, 0.15) is 51.3 Å². The molecule has 1 saturated heterocycles. The molecule has 0 radical (unpaired) electrons. The van der Waals surface area contributed by atoms with Gasteiger partial charge in [-0.15, -0.1) is 5.10 Å². The zero-order chi connectivity index (χ0) is 18.2. The molecule has 1 aromatic heterocycles. The number of piperidine rings is 1. The molecular formula is C17H31N7O. The molecule has 8 nitrogen and oxygen atoms in total. The van der Waals surface area contributed by atoms with Crippen LogP contribution in [-0.4, -0.2) is 46.4 Å². The van der Waals surface area contributed by atoms with E-state index in [4.69, 9.17) is 11.1 Å². The van der Waals surface area contributed by atoms with E-state index < -0.39 is 0 Å². The molecular weight excluding hydrogens is 318 g/mol. The van der Waals surface area contributed by atoms with E-state index in [9.17, 15) is 4.79 Å². The summed E-state index contributed by atoms with van der Waals surface area (Å²) in [5.41, 5.74) is 6.14. The van der Waals surface area contributed by atoms with Gasteiger partial charge in [0.2, 0.25) is 0 Å². The first-order chi connectivity index (χ1) is 12.0. The molecule has 140 valence electrons. The maximum Gasteiger partial charge on any atom is 0.185 e. The second-order valence-corrected chi connectivity index (χ2v) is 6.89. The third-order valence-corrected chi connectivity index (χ3v) is 4.98. The van der Waals surface area contributed by atoms with Gasteiger partial charge >= 0.3 is 0 Å². The van der Waals surface area contributed by atoms with Crippen molar-refractivity contribution in [3.05, 3.63) is 11.9 Å². The zero-order valence-electron chi connectivity index (χ0n) is 15.3. The van der Waals surface area contributed by atoms with Gasteiger partial charge in [0.25, 0.3) is 0 Å². The van der Waals surface area contributed by atoms with Gasteiger partial charge in [-0.05, 0) is 44.7 Å². The Bertz CT molecular complexity index is 565. The Labute approximate surface area is 149 Å². The topological polar surface area (TPSA) is 122 Å². The van der Waals surface area contributed by atoms with E-state index in [0.29, 0.717) is 12.3 Å². The highest BCUT2D eigenvalue weighted by Crippen LogP contribution is 2.28. The van der Waals surface area contributed by atoms with Gasteiger partial charge in [0, 0.05) is 18.7 Å². The number of hydrogen-bond acceptors (Lipinski definition) is 5. The average molecular weight is 349 g/mol. The Hall–Kier alpha value is -1.96. The molecule has 2 heterocycles. The lowest BCUT2D eigenvalue weighted by Gasteiger charge is -2.28. The number of nitrogens with zero attached hydrogens (tertiary/aromatic N) is 3. The van der Waals surface area contributed by atoms with Crippen molar-refractivity contribution in [3.63, 3.8) is 0 Å². The highest BCUT2D eigenvalue weighted by atomic mass is 16.1. The second-order valence-electron chi connectivity index (χ2n) is 6.89. The first-order valence-corrected chi connectivity index (χ1v) is 9.26. The molecule has 25 heavy (non-hydrogen) atoms. The summed E-state index contributed by atoms with van der Waals surface area (Å²) in [5, 5.41) is 21.7. The van der Waals surface area contributed by atoms with Crippen LogP contribution in [0.4, 0.5) is 0 Å². The molecule has 1 aliphatic rings. The predicted molar refractivity (Wildman–Crippen MR) is 97.4 cm³/mol. The summed E-state index contributed by atoms with van der Waals surface area (Å²) in [4.78, 5) is 13.1. The van der Waals surface area contributed by atoms with Crippen LogP contribution < -0.4 is 16.4 Å². The van der Waals surface area contributed by atoms with Crippen LogP contribution in [-0.2, 0) is 11.2 Å². The minimum absolute atomic E-state index is 0.0203. The van der Waals surface area contributed by atoms with E-state index >= 15 is 0 Å². The summed E-state index contributed by atoms with van der Waals surface area (Å²) in [7, 11) is 0. The third kappa shape index (κ3) is 5.52. The molecule has 1 aromatic rings. The number of aromatic nitrogens is 3. The molecule has 2 rings (SSSR count). The number of nitrogens with one attached hydrogen (secondary N) is 3. The molecule has 0 aromatic carbocycles. The van der Waals surface area contributed by atoms with Crippen molar-refractivity contribution in [3.8, 4) is 0 Å². The van der Waals surface area contributed by atoms with Crippen molar-refractivity contribution < 1.29 is 4.79 Å². The molecule has 5 N–H and O–H groups in total. The van der Waals surface area contributed by atoms with Gasteiger partial charge in [0.1, 0.15) is 6.04 Å². The molecule has 8 heteroatoms. The smallest absolute Gasteiger partial charge is 0.185 e. The van der Waals surface area contributed by atoms with Crippen molar-refractivity contribution in [2.24, 2.45) is 17.6 Å². The molecule has 1 aliphatic heterocycles. The number of rotatable bonds is 9. The number of guanidine groups is 1. The predicted octanol–water partition coefficient (Wildman–Crippen LogP) is 0.850. The van der Waals surface area contributed by atoms with Crippen molar-refractivity contribution >= 4 is 11.7 Å². The summed E-state index contributed by atoms with van der Waals surface area (Å²) < 4.78 is 1.77. The number of ketones is 1. The quantitative estimate of drug-likeness (QED) is 0.298. The van der Waals surface area contributed by atoms with Crippen molar-refractivity contribution in [2.75, 3.05) is 19.6 Å². The average Bonchev–Trinajstić information content (AvgIpc) is 3.07. The normalized spacial score (nSPS) is 17.8. The largest absolute Gasteiger partial charge is 0.370 e. The van der Waals surface area contributed by atoms with Crippen LogP contribution in [0.25, 0.3) is 0 Å². The molecule has 0 amide bonds. The van der Waals surface area contributed by atoms with E-state index in [1.165, 1.54) is 0 Å². The highest BCUT2D eigenvalue weighted by Gasteiger charge is 2.33. The number of carbonyl (C=O) groups excluding carboxylic acids is 1. The van der Waals surface area contributed by atoms with Crippen LogP contribution in [0.15, 0.2) is 6.20 Å². The summed E-state index contributed by atoms with van der Waals surface area (Å²) in [6.45, 7) is 6.68. The van der Waals surface area contributed by atoms with Gasteiger partial charge in [-0.25, -0.2) is 4.68 Å². The lowest BCUT2D eigenvalue weighted by Crippen LogP contribution is -2.37. The first-order valence-electron chi connectivity index (χ1n) is 9.26. The molecule has 0 bridgehead atoms. The number of hydrogen-bond donors (Lipinski definition) is 4. The first kappa shape index (κ1) is 19.4. The Morgan fingerprint density at radius 1 is 1.52 bits per heavy atom. The summed E-state index contributed by atoms with van der Waals surface area (Å²) in [6.07, 6.45) is 6.21. The lowest BCUT2D eigenvalue weighted by molar-refractivity contribution is -0.128. The van der Waals surface area contributed by atoms with E-state index in [1.807, 2.05) is 6.20 Å². The number of carbonyl (C=O) groups is 1. The van der Waals surface area contributed by atoms with E-state index in [0.717, 1.165) is 50.9 Å². The fourth-order valence-electron chi connectivity index (χ4n) is 3.30. The Morgan fingerprint density at radius 2 is 2.24 bits per heavy atom. The van der Waals surface area contributed by atoms with E-state index in [2.05, 4.69) is 34.8 Å². The van der Waals surface area contributed by atoms with Crippen molar-refractivity contribution in [1.82, 2.24) is 25.6 Å². The summed E-state index contributed by atoms with van der Waals surface area (Å²) in [6, 6.07) is -0.232. The summed E-state index contributed by atoms with van der Waals surface area (Å²) >= 11 is 0. The van der Waals surface area contributed by atoms with Gasteiger partial charge in [-0.3, -0.25) is 10.2 Å². The van der Waals surface area contributed by atoms with Crippen LogP contribution in [0.5, 0.6) is 0 Å². The van der Waals surface area contributed by atoms with Crippen LogP contribution in [0, 0.1) is 17.2 Å². The van der Waals surface area contributed by atoms with Crippen molar-refractivity contribution in [1.29, 1.82) is 5.41 Å². The highest BCUT2D eigenvalue weighted by molar-refractivity contribution is 5.85. The molecule has 2 atom stereocenters. The van der Waals surface area contributed by atoms with Crippen LogP contribution in [0.3, 0.4) is 0 Å². The molecule has 0 saturated carbocycles. The van der Waals surface area contributed by atoms with Gasteiger partial charge in [-0.2, -0.15) is 0 Å². The van der Waals surface area contributed by atoms with Gasteiger partial charge in [-0.1, -0.05) is 25.5 Å². The number of aryl methyl sites for hydroxylation is 1. The Balaban J connectivity index is 2.02. The van der Waals surface area contributed by atoms with Gasteiger partial charge < -0.3 is 16.4 Å². The lowest BCUT2D eigenvalue weighted by atomic mass is 9.84. The maximum atomic E-state index is 13.1. The Morgan fingerprint density at radius 3 is 2.88 bits per heavy atom. The fraction of sp³-hybridized carbons (Fsp3) is 0.765. The van der Waals surface area contributed by atoms with Crippen molar-refractivity contribution in [2.45, 2.75) is 52.0 Å². The second kappa shape index (κ2) is 9.50.